The fourth-order valence-electron chi connectivity index (χ4n) is 1.91. The number of benzene rings is 1. The van der Waals surface area contributed by atoms with Gasteiger partial charge in [0.2, 0.25) is 5.91 Å². The number of nitrogens with zero attached hydrogens (tertiary/aromatic N) is 2. The highest BCUT2D eigenvalue weighted by Crippen LogP contribution is 2.16. The molecule has 0 atom stereocenters. The maximum Gasteiger partial charge on any atom is 0.248 e. The quantitative estimate of drug-likeness (QED) is 0.873. The minimum absolute atomic E-state index is 0.393. The Morgan fingerprint density at radius 3 is 2.82 bits per heavy atom. The van der Waals surface area contributed by atoms with Gasteiger partial charge in [0.25, 0.3) is 0 Å². The van der Waals surface area contributed by atoms with Crippen molar-refractivity contribution in [3.8, 4) is 5.69 Å². The highest BCUT2D eigenvalue weighted by Gasteiger charge is 2.08. The number of aromatic nitrogens is 2. The summed E-state index contributed by atoms with van der Waals surface area (Å²) in [4.78, 5) is 15.4. The zero-order valence-electron chi connectivity index (χ0n) is 9.97. The van der Waals surface area contributed by atoms with Gasteiger partial charge in [-0.15, -0.1) is 0 Å². The van der Waals surface area contributed by atoms with Crippen LogP contribution in [0.25, 0.3) is 5.69 Å². The highest BCUT2D eigenvalue weighted by molar-refractivity contribution is 5.94. The van der Waals surface area contributed by atoms with E-state index in [0.29, 0.717) is 5.56 Å². The first kappa shape index (κ1) is 11.4. The molecule has 1 heterocycles. The van der Waals surface area contributed by atoms with E-state index >= 15 is 0 Å². The Morgan fingerprint density at radius 1 is 1.47 bits per heavy atom. The lowest BCUT2D eigenvalue weighted by atomic mass is 10.1. The number of rotatable bonds is 3. The van der Waals surface area contributed by atoms with Crippen molar-refractivity contribution in [1.82, 2.24) is 9.55 Å². The second kappa shape index (κ2) is 4.41. The molecule has 0 fully saturated rings. The van der Waals surface area contributed by atoms with Crippen LogP contribution in [0.4, 0.5) is 0 Å². The third-order valence-electron chi connectivity index (χ3n) is 2.79. The Morgan fingerprint density at radius 2 is 2.24 bits per heavy atom. The molecule has 0 saturated carbocycles. The van der Waals surface area contributed by atoms with Gasteiger partial charge in [-0.2, -0.15) is 0 Å². The third-order valence-corrected chi connectivity index (χ3v) is 2.79. The van der Waals surface area contributed by atoms with Crippen LogP contribution in [0.5, 0.6) is 0 Å². The Balaban J connectivity index is 2.48. The van der Waals surface area contributed by atoms with E-state index in [9.17, 15) is 4.79 Å². The predicted octanol–water partition coefficient (Wildman–Crippen LogP) is 1.84. The van der Waals surface area contributed by atoms with Gasteiger partial charge in [0.15, 0.2) is 0 Å². The van der Waals surface area contributed by atoms with E-state index in [1.54, 1.807) is 12.3 Å². The fraction of sp³-hybridized carbons (Fsp3) is 0.231. The van der Waals surface area contributed by atoms with Crippen molar-refractivity contribution in [2.75, 3.05) is 0 Å². The molecule has 1 aromatic carbocycles. The average molecular weight is 229 g/mol. The lowest BCUT2D eigenvalue weighted by Crippen LogP contribution is -2.13. The summed E-state index contributed by atoms with van der Waals surface area (Å²) in [5.41, 5.74) is 7.73. The molecule has 2 N–H and O–H groups in total. The number of nitrogens with two attached hydrogens (primary N) is 1. The van der Waals surface area contributed by atoms with Crippen molar-refractivity contribution in [3.63, 3.8) is 0 Å². The van der Waals surface area contributed by atoms with Crippen LogP contribution < -0.4 is 5.73 Å². The van der Waals surface area contributed by atoms with Crippen molar-refractivity contribution in [1.29, 1.82) is 0 Å². The second-order valence-corrected chi connectivity index (χ2v) is 3.93. The molecular formula is C13H15N3O. The Labute approximate surface area is 100 Å². The van der Waals surface area contributed by atoms with Gasteiger partial charge in [0, 0.05) is 30.1 Å². The van der Waals surface area contributed by atoms with E-state index < -0.39 is 5.91 Å². The summed E-state index contributed by atoms with van der Waals surface area (Å²) in [5, 5.41) is 0. The minimum atomic E-state index is -0.393. The van der Waals surface area contributed by atoms with Crippen LogP contribution in [0.1, 0.15) is 28.7 Å². The van der Waals surface area contributed by atoms with Crippen LogP contribution in [-0.2, 0) is 6.42 Å². The van der Waals surface area contributed by atoms with Gasteiger partial charge in [-0.1, -0.05) is 6.92 Å². The largest absolute Gasteiger partial charge is 0.366 e. The number of amides is 1. The molecule has 4 heteroatoms. The highest BCUT2D eigenvalue weighted by atomic mass is 16.1. The number of imidazole rings is 1. The molecule has 0 aliphatic carbocycles. The summed E-state index contributed by atoms with van der Waals surface area (Å²) in [7, 11) is 0. The maximum atomic E-state index is 11.1. The van der Waals surface area contributed by atoms with Gasteiger partial charge < -0.3 is 10.3 Å². The molecular weight excluding hydrogens is 214 g/mol. The second-order valence-electron chi connectivity index (χ2n) is 3.93. The molecule has 0 saturated heterocycles. The van der Waals surface area contributed by atoms with Gasteiger partial charge in [0.1, 0.15) is 5.82 Å². The molecule has 1 aromatic heterocycles. The molecule has 0 unspecified atom stereocenters. The first-order chi connectivity index (χ1) is 8.13. The third kappa shape index (κ3) is 2.06. The molecule has 2 rings (SSSR count). The van der Waals surface area contributed by atoms with Crippen LogP contribution in [0.2, 0.25) is 0 Å². The first-order valence-electron chi connectivity index (χ1n) is 5.56. The average Bonchev–Trinajstić information content (AvgIpc) is 2.76. The van der Waals surface area contributed by atoms with Crippen molar-refractivity contribution in [3.05, 3.63) is 47.5 Å². The summed E-state index contributed by atoms with van der Waals surface area (Å²) in [6, 6.07) is 5.58. The summed E-state index contributed by atoms with van der Waals surface area (Å²) in [5.74, 6) is 0.603. The van der Waals surface area contributed by atoms with Crippen LogP contribution in [0, 0.1) is 6.92 Å². The van der Waals surface area contributed by atoms with Crippen molar-refractivity contribution in [2.45, 2.75) is 20.3 Å². The first-order valence-corrected chi connectivity index (χ1v) is 5.56. The molecule has 0 aliphatic rings. The molecule has 2 aromatic rings. The van der Waals surface area contributed by atoms with Gasteiger partial charge in [-0.25, -0.2) is 4.98 Å². The topological polar surface area (TPSA) is 60.9 Å². The molecule has 0 spiro atoms. The summed E-state index contributed by atoms with van der Waals surface area (Å²) in [6.07, 6.45) is 4.55. The lowest BCUT2D eigenvalue weighted by molar-refractivity contribution is 0.1000. The SMILES string of the molecule is CCc1nccn1-c1ccc(C(N)=O)c(C)c1. The lowest BCUT2D eigenvalue weighted by Gasteiger charge is -2.09. The molecule has 88 valence electrons. The van der Waals surface area contributed by atoms with Crippen molar-refractivity contribution < 1.29 is 4.79 Å². The maximum absolute atomic E-state index is 11.1. The van der Waals surface area contributed by atoms with Crippen molar-refractivity contribution in [2.24, 2.45) is 5.73 Å². The van der Waals surface area contributed by atoms with E-state index in [4.69, 9.17) is 5.73 Å². The Kier molecular flexibility index (Phi) is 2.95. The Bertz CT molecular complexity index is 558. The summed E-state index contributed by atoms with van der Waals surface area (Å²) < 4.78 is 2.01. The molecule has 17 heavy (non-hydrogen) atoms. The predicted molar refractivity (Wildman–Crippen MR) is 66.2 cm³/mol. The Hall–Kier alpha value is -2.10. The molecule has 1 amide bonds. The van der Waals surface area contributed by atoms with E-state index in [2.05, 4.69) is 11.9 Å². The zero-order valence-corrected chi connectivity index (χ0v) is 9.97. The van der Waals surface area contributed by atoms with E-state index in [1.807, 2.05) is 29.8 Å². The van der Waals surface area contributed by atoms with E-state index in [1.165, 1.54) is 0 Å². The number of carbonyl (C=O) groups is 1. The van der Waals surface area contributed by atoms with Gasteiger partial charge in [0.05, 0.1) is 0 Å². The number of aryl methyl sites for hydroxylation is 2. The van der Waals surface area contributed by atoms with Gasteiger partial charge in [-0.05, 0) is 30.7 Å². The summed E-state index contributed by atoms with van der Waals surface area (Å²) >= 11 is 0. The number of hydrogen-bond donors (Lipinski definition) is 1. The number of hydrogen-bond acceptors (Lipinski definition) is 2. The summed E-state index contributed by atoms with van der Waals surface area (Å²) in [6.45, 7) is 3.94. The molecule has 0 bridgehead atoms. The van der Waals surface area contributed by atoms with E-state index in [0.717, 1.165) is 23.5 Å². The smallest absolute Gasteiger partial charge is 0.248 e. The molecule has 0 radical (unpaired) electrons. The fourth-order valence-corrected chi connectivity index (χ4v) is 1.91. The minimum Gasteiger partial charge on any atom is -0.366 e. The molecule has 4 nitrogen and oxygen atoms in total. The van der Waals surface area contributed by atoms with Crippen LogP contribution in [0.15, 0.2) is 30.6 Å². The van der Waals surface area contributed by atoms with E-state index in [-0.39, 0.29) is 0 Å². The zero-order chi connectivity index (χ0) is 12.4. The van der Waals surface area contributed by atoms with Crippen molar-refractivity contribution >= 4 is 5.91 Å². The van der Waals surface area contributed by atoms with Crippen LogP contribution in [-0.4, -0.2) is 15.5 Å². The number of carbonyl (C=O) groups excluding carboxylic acids is 1. The van der Waals surface area contributed by atoms with Gasteiger partial charge >= 0.3 is 0 Å². The monoisotopic (exact) mass is 229 g/mol. The van der Waals surface area contributed by atoms with Crippen LogP contribution >= 0.6 is 0 Å². The molecule has 0 aliphatic heterocycles. The normalized spacial score (nSPS) is 10.5. The standard InChI is InChI=1S/C13H15N3O/c1-3-12-15-6-7-16(12)10-4-5-11(13(14)17)9(2)8-10/h4-8H,3H2,1-2H3,(H2,14,17). The van der Waals surface area contributed by atoms with Crippen LogP contribution in [0.3, 0.4) is 0 Å². The number of primary amides is 1. The van der Waals surface area contributed by atoms with Gasteiger partial charge in [-0.3, -0.25) is 4.79 Å².